The highest BCUT2D eigenvalue weighted by molar-refractivity contribution is 5.96. The number of nitrogens with one attached hydrogen (secondary N) is 1. The number of furan rings is 1. The van der Waals surface area contributed by atoms with Crippen molar-refractivity contribution in [2.45, 2.75) is 25.8 Å². The first-order valence-electron chi connectivity index (χ1n) is 11.9. The van der Waals surface area contributed by atoms with Crippen LogP contribution in [0.4, 0.5) is 0 Å². The summed E-state index contributed by atoms with van der Waals surface area (Å²) in [6.07, 6.45) is 9.80. The lowest BCUT2D eigenvalue weighted by molar-refractivity contribution is 0.0668. The highest BCUT2D eigenvalue weighted by Crippen LogP contribution is 2.59. The molecule has 178 valence electrons. The third kappa shape index (κ3) is 4.29. The monoisotopic (exact) mass is 470 g/mol. The Bertz CT molecular complexity index is 1320. The number of hydrogen-bond acceptors (Lipinski definition) is 6. The average Bonchev–Trinajstić information content (AvgIpc) is 3.24. The Morgan fingerprint density at radius 3 is 2.69 bits per heavy atom. The number of hydrogen-bond donors (Lipinski definition) is 1. The third-order valence-electron chi connectivity index (χ3n) is 7.48. The van der Waals surface area contributed by atoms with E-state index in [-0.39, 0.29) is 17.2 Å². The van der Waals surface area contributed by atoms with Gasteiger partial charge in [-0.05, 0) is 60.4 Å². The molecule has 1 atom stereocenters. The van der Waals surface area contributed by atoms with Crippen LogP contribution in [0.1, 0.15) is 45.7 Å². The topological polar surface area (TPSA) is 106 Å². The summed E-state index contributed by atoms with van der Waals surface area (Å²) in [7, 11) is 0. The van der Waals surface area contributed by atoms with Crippen molar-refractivity contribution in [2.75, 3.05) is 19.6 Å². The van der Waals surface area contributed by atoms with Gasteiger partial charge in [-0.1, -0.05) is 17.3 Å². The van der Waals surface area contributed by atoms with E-state index in [1.165, 1.54) is 0 Å². The summed E-state index contributed by atoms with van der Waals surface area (Å²) in [6, 6.07) is 11.3. The Morgan fingerprint density at radius 1 is 1.11 bits per heavy atom. The Balaban J connectivity index is 0.991. The first-order valence-corrected chi connectivity index (χ1v) is 11.9. The lowest BCUT2D eigenvalue weighted by Gasteiger charge is -2.33. The van der Waals surface area contributed by atoms with Gasteiger partial charge in [-0.15, -0.1) is 5.10 Å². The number of carbonyl (C=O) groups is 2. The van der Waals surface area contributed by atoms with Crippen LogP contribution in [0.3, 0.4) is 0 Å². The summed E-state index contributed by atoms with van der Waals surface area (Å²) in [6.45, 7) is 2.77. The van der Waals surface area contributed by atoms with Gasteiger partial charge in [0.1, 0.15) is 0 Å². The Labute approximate surface area is 202 Å². The van der Waals surface area contributed by atoms with Gasteiger partial charge in [0.25, 0.3) is 11.8 Å². The molecule has 1 aromatic carbocycles. The van der Waals surface area contributed by atoms with E-state index < -0.39 is 0 Å². The molecule has 2 amide bonds. The molecular weight excluding hydrogens is 444 g/mol. The standard InChI is InChI=1S/C26H26N6O3/c33-24(22-13-20-5-8-27-16-23(20)35-22)28-15-21-14-26(21)6-10-31(11-7-26)25(34)19-3-1-18(2-4-19)17-32-12-9-29-30-32/h1-5,8-9,12-13,16,21H,6-7,10-11,14-15,17H2,(H,28,33). The molecule has 4 heterocycles. The smallest absolute Gasteiger partial charge is 0.287 e. The third-order valence-corrected chi connectivity index (χ3v) is 7.48. The van der Waals surface area contributed by atoms with Gasteiger partial charge in [0.05, 0.1) is 18.9 Å². The van der Waals surface area contributed by atoms with Crippen LogP contribution in [0.25, 0.3) is 11.0 Å². The Hall–Kier alpha value is -4.01. The summed E-state index contributed by atoms with van der Waals surface area (Å²) < 4.78 is 7.36. The zero-order valence-corrected chi connectivity index (χ0v) is 19.3. The van der Waals surface area contributed by atoms with Gasteiger partial charge in [0.2, 0.25) is 0 Å². The fraction of sp³-hybridized carbons (Fsp3) is 0.346. The first kappa shape index (κ1) is 21.5. The van der Waals surface area contributed by atoms with Crippen molar-refractivity contribution in [3.63, 3.8) is 0 Å². The normalized spacial score (nSPS) is 18.6. The molecule has 2 fully saturated rings. The van der Waals surface area contributed by atoms with Crippen molar-refractivity contribution >= 4 is 22.8 Å². The molecule has 35 heavy (non-hydrogen) atoms. The first-order chi connectivity index (χ1) is 17.1. The maximum Gasteiger partial charge on any atom is 0.287 e. The molecule has 1 aliphatic heterocycles. The van der Waals surface area contributed by atoms with Crippen LogP contribution in [-0.2, 0) is 6.54 Å². The largest absolute Gasteiger partial charge is 0.449 e. The van der Waals surface area contributed by atoms with E-state index in [2.05, 4.69) is 20.6 Å². The second kappa shape index (κ2) is 8.65. The van der Waals surface area contributed by atoms with Crippen molar-refractivity contribution < 1.29 is 14.0 Å². The lowest BCUT2D eigenvalue weighted by atomic mass is 9.90. The molecule has 9 heteroatoms. The molecule has 1 aliphatic carbocycles. The molecule has 4 aromatic rings. The molecule has 1 unspecified atom stereocenters. The van der Waals surface area contributed by atoms with Crippen LogP contribution < -0.4 is 5.32 Å². The SMILES string of the molecule is O=C(NCC1CC12CCN(C(=O)c1ccc(Cn3ccnn3)cc1)CC2)c1cc2ccncc2o1. The van der Waals surface area contributed by atoms with Crippen molar-refractivity contribution in [1.29, 1.82) is 0 Å². The summed E-state index contributed by atoms with van der Waals surface area (Å²) in [5.74, 6) is 0.654. The van der Waals surface area contributed by atoms with E-state index in [0.29, 0.717) is 35.9 Å². The second-order valence-electron chi connectivity index (χ2n) is 9.59. The van der Waals surface area contributed by atoms with E-state index in [1.54, 1.807) is 29.3 Å². The Morgan fingerprint density at radius 2 is 1.94 bits per heavy atom. The molecule has 1 N–H and O–H groups in total. The van der Waals surface area contributed by atoms with Crippen LogP contribution in [0.2, 0.25) is 0 Å². The number of benzene rings is 1. The number of pyridine rings is 1. The predicted octanol–water partition coefficient (Wildman–Crippen LogP) is 3.14. The van der Waals surface area contributed by atoms with E-state index in [0.717, 1.165) is 43.3 Å². The van der Waals surface area contributed by atoms with Crippen LogP contribution in [0, 0.1) is 11.3 Å². The molecule has 1 saturated carbocycles. The van der Waals surface area contributed by atoms with Crippen LogP contribution in [0.5, 0.6) is 0 Å². The van der Waals surface area contributed by atoms with Gasteiger partial charge in [0.15, 0.2) is 11.3 Å². The fourth-order valence-corrected chi connectivity index (χ4v) is 5.23. The minimum atomic E-state index is -0.192. The van der Waals surface area contributed by atoms with Gasteiger partial charge >= 0.3 is 0 Å². The molecular formula is C26H26N6O3. The fourth-order valence-electron chi connectivity index (χ4n) is 5.23. The molecule has 9 nitrogen and oxygen atoms in total. The van der Waals surface area contributed by atoms with Gasteiger partial charge < -0.3 is 14.6 Å². The molecule has 1 saturated heterocycles. The number of likely N-dealkylation sites (tertiary alicyclic amines) is 1. The Kier molecular flexibility index (Phi) is 5.32. The quantitative estimate of drug-likeness (QED) is 0.464. The summed E-state index contributed by atoms with van der Waals surface area (Å²) >= 11 is 0. The van der Waals surface area contributed by atoms with Gasteiger partial charge in [-0.2, -0.15) is 0 Å². The van der Waals surface area contributed by atoms with Crippen molar-refractivity contribution in [3.05, 3.63) is 78.1 Å². The summed E-state index contributed by atoms with van der Waals surface area (Å²) in [4.78, 5) is 31.5. The number of rotatable bonds is 6. The molecule has 0 radical (unpaired) electrons. The van der Waals surface area contributed by atoms with Crippen molar-refractivity contribution in [3.8, 4) is 0 Å². The lowest BCUT2D eigenvalue weighted by Crippen LogP contribution is -2.40. The van der Waals surface area contributed by atoms with Gasteiger partial charge in [-0.3, -0.25) is 14.6 Å². The van der Waals surface area contributed by atoms with E-state index in [1.807, 2.05) is 41.4 Å². The number of fused-ring (bicyclic) bond motifs is 1. The number of amides is 2. The van der Waals surface area contributed by atoms with E-state index in [4.69, 9.17) is 4.42 Å². The van der Waals surface area contributed by atoms with Crippen LogP contribution in [-0.4, -0.2) is 56.3 Å². The summed E-state index contributed by atoms with van der Waals surface area (Å²) in [5.41, 5.74) is 2.64. The minimum Gasteiger partial charge on any atom is -0.449 e. The maximum atomic E-state index is 13.0. The van der Waals surface area contributed by atoms with Crippen LogP contribution in [0.15, 0.2) is 65.6 Å². The molecule has 3 aromatic heterocycles. The zero-order chi connectivity index (χ0) is 23.8. The van der Waals surface area contributed by atoms with Gasteiger partial charge in [0, 0.05) is 43.0 Å². The highest BCUT2D eigenvalue weighted by Gasteiger charge is 2.54. The highest BCUT2D eigenvalue weighted by atomic mass is 16.3. The van der Waals surface area contributed by atoms with Crippen molar-refractivity contribution in [1.82, 2.24) is 30.2 Å². The number of aromatic nitrogens is 4. The van der Waals surface area contributed by atoms with Gasteiger partial charge in [-0.25, -0.2) is 4.68 Å². The number of nitrogens with zero attached hydrogens (tertiary/aromatic N) is 5. The second-order valence-corrected chi connectivity index (χ2v) is 9.59. The van der Waals surface area contributed by atoms with Crippen molar-refractivity contribution in [2.24, 2.45) is 11.3 Å². The number of piperidine rings is 1. The zero-order valence-electron chi connectivity index (χ0n) is 19.3. The maximum absolute atomic E-state index is 13.0. The predicted molar refractivity (Wildman–Crippen MR) is 128 cm³/mol. The van der Waals surface area contributed by atoms with E-state index in [9.17, 15) is 9.59 Å². The summed E-state index contributed by atoms with van der Waals surface area (Å²) in [5, 5.41) is 11.7. The molecule has 0 bridgehead atoms. The minimum absolute atomic E-state index is 0.0806. The van der Waals surface area contributed by atoms with Crippen LogP contribution >= 0.6 is 0 Å². The average molecular weight is 471 g/mol. The number of carbonyl (C=O) groups excluding carboxylic acids is 2. The molecule has 1 spiro atoms. The molecule has 6 rings (SSSR count). The van der Waals surface area contributed by atoms with E-state index >= 15 is 0 Å². The molecule has 2 aliphatic rings.